The molecule has 0 spiro atoms. The maximum Gasteiger partial charge on any atom is 0.412 e. The minimum Gasteiger partial charge on any atom is -0.434 e. The summed E-state index contributed by atoms with van der Waals surface area (Å²) < 4.78 is 13.9. The first-order valence-electron chi connectivity index (χ1n) is 5.05. The molecule has 1 aliphatic rings. The van der Waals surface area contributed by atoms with Crippen molar-refractivity contribution in [2.75, 3.05) is 13.2 Å². The third-order valence-corrected chi connectivity index (χ3v) is 2.37. The van der Waals surface area contributed by atoms with Crippen molar-refractivity contribution in [3.05, 3.63) is 0 Å². The standard InChI is InChI=1S/C9H14N2O6/c10-8(13)16-6(7(12)17-9(11)14)5-1-3-15-4-2-5/h5-6H,1-4H2,(H2,10,13)(H2,11,14). The average molecular weight is 246 g/mol. The molecule has 1 fully saturated rings. The molecule has 1 atom stereocenters. The zero-order chi connectivity index (χ0) is 12.8. The van der Waals surface area contributed by atoms with E-state index in [1.54, 1.807) is 0 Å². The first-order chi connectivity index (χ1) is 8.00. The highest BCUT2D eigenvalue weighted by atomic mass is 16.6. The molecule has 0 aromatic heterocycles. The molecule has 1 heterocycles. The molecule has 0 aromatic rings. The van der Waals surface area contributed by atoms with E-state index in [1.165, 1.54) is 0 Å². The maximum atomic E-state index is 11.5. The first-order valence-corrected chi connectivity index (χ1v) is 5.05. The van der Waals surface area contributed by atoms with E-state index in [0.29, 0.717) is 26.1 Å². The van der Waals surface area contributed by atoms with Gasteiger partial charge in [-0.3, -0.25) is 0 Å². The summed E-state index contributed by atoms with van der Waals surface area (Å²) in [7, 11) is 0. The van der Waals surface area contributed by atoms with Crippen molar-refractivity contribution >= 4 is 18.2 Å². The van der Waals surface area contributed by atoms with E-state index in [-0.39, 0.29) is 5.92 Å². The fourth-order valence-corrected chi connectivity index (χ4v) is 1.64. The molecule has 1 rings (SSSR count). The van der Waals surface area contributed by atoms with Crippen LogP contribution in [0.5, 0.6) is 0 Å². The van der Waals surface area contributed by atoms with E-state index in [0.717, 1.165) is 0 Å². The van der Waals surface area contributed by atoms with Gasteiger partial charge in [-0.25, -0.2) is 14.4 Å². The van der Waals surface area contributed by atoms with Gasteiger partial charge in [-0.2, -0.15) is 0 Å². The number of carbonyl (C=O) groups is 3. The lowest BCUT2D eigenvalue weighted by atomic mass is 9.94. The van der Waals surface area contributed by atoms with E-state index in [2.05, 4.69) is 9.47 Å². The second kappa shape index (κ2) is 6.04. The van der Waals surface area contributed by atoms with Gasteiger partial charge in [-0.1, -0.05) is 0 Å². The van der Waals surface area contributed by atoms with E-state index in [4.69, 9.17) is 16.2 Å². The summed E-state index contributed by atoms with van der Waals surface area (Å²) in [6.45, 7) is 0.875. The number of amides is 2. The highest BCUT2D eigenvalue weighted by Gasteiger charge is 2.35. The Morgan fingerprint density at radius 1 is 1.12 bits per heavy atom. The number of nitrogens with two attached hydrogens (primary N) is 2. The molecule has 1 unspecified atom stereocenters. The lowest BCUT2D eigenvalue weighted by Gasteiger charge is -2.27. The van der Waals surface area contributed by atoms with Crippen LogP contribution >= 0.6 is 0 Å². The zero-order valence-electron chi connectivity index (χ0n) is 9.09. The fourth-order valence-electron chi connectivity index (χ4n) is 1.64. The lowest BCUT2D eigenvalue weighted by Crippen LogP contribution is -2.41. The van der Waals surface area contributed by atoms with E-state index in [9.17, 15) is 14.4 Å². The van der Waals surface area contributed by atoms with Crippen LogP contribution in [0.4, 0.5) is 9.59 Å². The minimum absolute atomic E-state index is 0.289. The zero-order valence-corrected chi connectivity index (χ0v) is 9.09. The van der Waals surface area contributed by atoms with Gasteiger partial charge < -0.3 is 25.7 Å². The van der Waals surface area contributed by atoms with Crippen molar-refractivity contribution in [2.45, 2.75) is 18.9 Å². The lowest BCUT2D eigenvalue weighted by molar-refractivity contribution is -0.151. The Morgan fingerprint density at radius 2 is 1.71 bits per heavy atom. The van der Waals surface area contributed by atoms with Gasteiger partial charge >= 0.3 is 18.2 Å². The Labute approximate surface area is 97.2 Å². The quantitative estimate of drug-likeness (QED) is 0.509. The van der Waals surface area contributed by atoms with E-state index in [1.807, 2.05) is 0 Å². The molecule has 0 saturated carbocycles. The van der Waals surface area contributed by atoms with Crippen LogP contribution in [-0.4, -0.2) is 37.5 Å². The number of ether oxygens (including phenoxy) is 3. The van der Waals surface area contributed by atoms with Crippen molar-refractivity contribution in [3.63, 3.8) is 0 Å². The predicted octanol–water partition coefficient (Wildman–Crippen LogP) is -0.501. The average Bonchev–Trinajstić information content (AvgIpc) is 2.25. The van der Waals surface area contributed by atoms with Crippen molar-refractivity contribution in [1.82, 2.24) is 0 Å². The highest BCUT2D eigenvalue weighted by Crippen LogP contribution is 2.22. The molecule has 0 radical (unpaired) electrons. The molecule has 17 heavy (non-hydrogen) atoms. The second-order valence-electron chi connectivity index (χ2n) is 3.55. The fraction of sp³-hybridized carbons (Fsp3) is 0.667. The van der Waals surface area contributed by atoms with Crippen molar-refractivity contribution in [3.8, 4) is 0 Å². The third-order valence-electron chi connectivity index (χ3n) is 2.37. The molecule has 0 aromatic carbocycles. The molecular formula is C9H14N2O6. The van der Waals surface area contributed by atoms with E-state index < -0.39 is 24.3 Å². The number of hydrogen-bond donors (Lipinski definition) is 2. The summed E-state index contributed by atoms with van der Waals surface area (Å²) in [4.78, 5) is 32.6. The maximum absolute atomic E-state index is 11.5. The Balaban J connectivity index is 2.67. The predicted molar refractivity (Wildman–Crippen MR) is 53.7 cm³/mol. The molecule has 0 aliphatic carbocycles. The van der Waals surface area contributed by atoms with Gasteiger partial charge in [0.2, 0.25) is 6.10 Å². The second-order valence-corrected chi connectivity index (χ2v) is 3.55. The normalized spacial score (nSPS) is 18.1. The summed E-state index contributed by atoms with van der Waals surface area (Å²) in [5, 5.41) is 0. The number of esters is 1. The number of primary amides is 2. The van der Waals surface area contributed by atoms with Gasteiger partial charge in [0.1, 0.15) is 0 Å². The van der Waals surface area contributed by atoms with Crippen LogP contribution in [0.1, 0.15) is 12.8 Å². The topological polar surface area (TPSA) is 131 Å². The molecule has 8 heteroatoms. The summed E-state index contributed by atoms with van der Waals surface area (Å²) in [5.41, 5.74) is 9.57. The van der Waals surface area contributed by atoms with Crippen molar-refractivity contribution < 1.29 is 28.6 Å². The van der Waals surface area contributed by atoms with Crippen LogP contribution in [0.3, 0.4) is 0 Å². The van der Waals surface area contributed by atoms with Gasteiger partial charge in [0.15, 0.2) is 0 Å². The van der Waals surface area contributed by atoms with Gasteiger partial charge in [0.25, 0.3) is 0 Å². The number of hydrogen-bond acceptors (Lipinski definition) is 6. The van der Waals surface area contributed by atoms with Gasteiger partial charge in [-0.15, -0.1) is 0 Å². The molecule has 96 valence electrons. The molecular weight excluding hydrogens is 232 g/mol. The summed E-state index contributed by atoms with van der Waals surface area (Å²) in [6, 6.07) is 0. The first kappa shape index (κ1) is 13.2. The molecule has 0 bridgehead atoms. The Kier molecular flexibility index (Phi) is 4.70. The SMILES string of the molecule is NC(=O)OC(=O)C(OC(N)=O)C1CCOCC1. The molecule has 1 saturated heterocycles. The van der Waals surface area contributed by atoms with Crippen LogP contribution in [0.25, 0.3) is 0 Å². The summed E-state index contributed by atoms with van der Waals surface area (Å²) >= 11 is 0. The molecule has 4 N–H and O–H groups in total. The van der Waals surface area contributed by atoms with Crippen LogP contribution in [0.15, 0.2) is 0 Å². The van der Waals surface area contributed by atoms with Gasteiger partial charge in [-0.05, 0) is 12.8 Å². The summed E-state index contributed by atoms with van der Waals surface area (Å²) in [6.07, 6.45) is -2.57. The van der Waals surface area contributed by atoms with Crippen molar-refractivity contribution in [2.24, 2.45) is 17.4 Å². The van der Waals surface area contributed by atoms with Gasteiger partial charge in [0, 0.05) is 19.1 Å². The Morgan fingerprint density at radius 3 is 2.18 bits per heavy atom. The monoisotopic (exact) mass is 246 g/mol. The summed E-state index contributed by atoms with van der Waals surface area (Å²) in [5.74, 6) is -1.30. The third kappa shape index (κ3) is 4.27. The van der Waals surface area contributed by atoms with Crippen LogP contribution in [0.2, 0.25) is 0 Å². The molecule has 1 aliphatic heterocycles. The Hall–Kier alpha value is -1.83. The highest BCUT2D eigenvalue weighted by molar-refractivity contribution is 5.87. The van der Waals surface area contributed by atoms with E-state index >= 15 is 0 Å². The largest absolute Gasteiger partial charge is 0.434 e. The van der Waals surface area contributed by atoms with Gasteiger partial charge in [0.05, 0.1) is 0 Å². The van der Waals surface area contributed by atoms with Crippen molar-refractivity contribution in [1.29, 1.82) is 0 Å². The molecule has 8 nitrogen and oxygen atoms in total. The van der Waals surface area contributed by atoms with Crippen LogP contribution in [0, 0.1) is 5.92 Å². The Bertz CT molecular complexity index is 313. The minimum atomic E-state index is -1.25. The number of carbonyl (C=O) groups excluding carboxylic acids is 3. The van der Waals surface area contributed by atoms with Crippen LogP contribution in [-0.2, 0) is 19.0 Å². The number of rotatable bonds is 3. The molecule has 2 amide bonds. The van der Waals surface area contributed by atoms with Crippen LogP contribution < -0.4 is 11.5 Å². The smallest absolute Gasteiger partial charge is 0.412 e.